The van der Waals surface area contributed by atoms with Crippen LogP contribution in [-0.2, 0) is 0 Å². The Morgan fingerprint density at radius 2 is 2.00 bits per heavy atom. The van der Waals surface area contributed by atoms with Crippen molar-refractivity contribution in [3.8, 4) is 0 Å². The molecule has 0 fully saturated rings. The van der Waals surface area contributed by atoms with Crippen LogP contribution >= 0.6 is 0 Å². The number of para-hydroxylation sites is 1. The van der Waals surface area contributed by atoms with Crippen molar-refractivity contribution in [1.29, 1.82) is 0 Å². The molecule has 4 heteroatoms. The van der Waals surface area contributed by atoms with E-state index in [1.165, 1.54) is 0 Å². The highest BCUT2D eigenvalue weighted by molar-refractivity contribution is 5.99. The summed E-state index contributed by atoms with van der Waals surface area (Å²) in [5, 5.41) is 6.14. The maximum Gasteiger partial charge on any atom is 0.253 e. The number of carbonyl (C=O) groups excluding carboxylic acids is 1. The summed E-state index contributed by atoms with van der Waals surface area (Å²) in [4.78, 5) is 12.3. The topological polar surface area (TPSA) is 54.3 Å². The van der Waals surface area contributed by atoms with Gasteiger partial charge in [-0.3, -0.25) is 4.79 Å². The Balaban J connectivity index is 2.12. The third kappa shape index (κ3) is 3.20. The van der Waals surface area contributed by atoms with Crippen molar-refractivity contribution in [2.75, 3.05) is 11.9 Å². The van der Waals surface area contributed by atoms with Crippen LogP contribution in [0.1, 0.15) is 41.8 Å². The van der Waals surface area contributed by atoms with Crippen molar-refractivity contribution in [2.45, 2.75) is 26.8 Å². The number of anilines is 1. The van der Waals surface area contributed by atoms with Gasteiger partial charge in [0.2, 0.25) is 0 Å². The molecule has 1 aromatic carbocycles. The molecule has 4 nitrogen and oxygen atoms in total. The molecule has 0 aliphatic heterocycles. The zero-order valence-electron chi connectivity index (χ0n) is 12.1. The van der Waals surface area contributed by atoms with Crippen molar-refractivity contribution in [3.05, 3.63) is 53.5 Å². The second-order valence-electron chi connectivity index (χ2n) is 4.72. The summed E-state index contributed by atoms with van der Waals surface area (Å²) in [6.07, 6.45) is 0. The number of amides is 1. The molecule has 0 saturated carbocycles. The second-order valence-corrected chi connectivity index (χ2v) is 4.72. The van der Waals surface area contributed by atoms with E-state index < -0.39 is 0 Å². The predicted molar refractivity (Wildman–Crippen MR) is 79.9 cm³/mol. The van der Waals surface area contributed by atoms with Crippen LogP contribution in [0.4, 0.5) is 5.69 Å². The number of benzene rings is 1. The normalized spacial score (nSPS) is 11.9. The van der Waals surface area contributed by atoms with E-state index in [1.54, 1.807) is 0 Å². The van der Waals surface area contributed by atoms with Crippen LogP contribution in [-0.4, -0.2) is 12.5 Å². The average Bonchev–Trinajstić information content (AvgIpc) is 2.86. The minimum absolute atomic E-state index is 0.108. The van der Waals surface area contributed by atoms with Crippen LogP contribution in [0.25, 0.3) is 0 Å². The Morgan fingerprint density at radius 3 is 2.65 bits per heavy atom. The van der Waals surface area contributed by atoms with Gasteiger partial charge in [0.1, 0.15) is 11.5 Å². The van der Waals surface area contributed by atoms with Crippen LogP contribution < -0.4 is 10.6 Å². The van der Waals surface area contributed by atoms with Crippen molar-refractivity contribution >= 4 is 11.6 Å². The molecule has 106 valence electrons. The Bertz CT molecular complexity index is 590. The zero-order valence-corrected chi connectivity index (χ0v) is 12.1. The summed E-state index contributed by atoms with van der Waals surface area (Å²) in [6, 6.07) is 11.1. The lowest BCUT2D eigenvalue weighted by molar-refractivity contribution is 0.0936. The first-order chi connectivity index (χ1) is 9.61. The van der Waals surface area contributed by atoms with Crippen LogP contribution in [0.5, 0.6) is 0 Å². The van der Waals surface area contributed by atoms with E-state index in [0.717, 1.165) is 23.8 Å². The van der Waals surface area contributed by atoms with Crippen molar-refractivity contribution < 1.29 is 9.21 Å². The lowest BCUT2D eigenvalue weighted by Gasteiger charge is -2.14. The maximum absolute atomic E-state index is 12.3. The van der Waals surface area contributed by atoms with Crippen LogP contribution in [0.2, 0.25) is 0 Å². The summed E-state index contributed by atoms with van der Waals surface area (Å²) < 4.78 is 5.53. The first-order valence-corrected chi connectivity index (χ1v) is 6.82. The molecule has 2 aromatic rings. The molecule has 20 heavy (non-hydrogen) atoms. The number of nitrogens with one attached hydrogen (secondary N) is 2. The Morgan fingerprint density at radius 1 is 1.25 bits per heavy atom. The van der Waals surface area contributed by atoms with E-state index in [-0.39, 0.29) is 11.9 Å². The lowest BCUT2D eigenvalue weighted by atomic mass is 10.1. The van der Waals surface area contributed by atoms with Crippen molar-refractivity contribution in [2.24, 2.45) is 0 Å². The van der Waals surface area contributed by atoms with Gasteiger partial charge in [0.15, 0.2) is 0 Å². The van der Waals surface area contributed by atoms with Gasteiger partial charge < -0.3 is 15.1 Å². The standard InChI is InChI=1S/C16H20N2O2/c1-4-17-14-8-6-5-7-13(14)16(19)18-12(3)15-10-9-11(2)20-15/h5-10,12,17H,4H2,1-3H3,(H,18,19). The number of rotatable bonds is 5. The van der Waals surface area contributed by atoms with Gasteiger partial charge in [-0.15, -0.1) is 0 Å². The van der Waals surface area contributed by atoms with E-state index >= 15 is 0 Å². The van der Waals surface area contributed by atoms with E-state index in [1.807, 2.05) is 57.2 Å². The minimum Gasteiger partial charge on any atom is -0.464 e. The summed E-state index contributed by atoms with van der Waals surface area (Å²) in [7, 11) is 0. The molecule has 0 radical (unpaired) electrons. The molecule has 0 spiro atoms. The van der Waals surface area contributed by atoms with Gasteiger partial charge in [-0.05, 0) is 45.0 Å². The minimum atomic E-state index is -0.161. The molecule has 2 rings (SSSR count). The first-order valence-electron chi connectivity index (χ1n) is 6.82. The predicted octanol–water partition coefficient (Wildman–Crippen LogP) is 3.51. The molecule has 1 amide bonds. The highest BCUT2D eigenvalue weighted by Crippen LogP contribution is 2.19. The van der Waals surface area contributed by atoms with Gasteiger partial charge in [0.05, 0.1) is 11.6 Å². The smallest absolute Gasteiger partial charge is 0.253 e. The Kier molecular flexibility index (Phi) is 4.45. The quantitative estimate of drug-likeness (QED) is 0.875. The molecule has 1 heterocycles. The van der Waals surface area contributed by atoms with Crippen LogP contribution in [0.3, 0.4) is 0 Å². The fourth-order valence-corrected chi connectivity index (χ4v) is 2.06. The zero-order chi connectivity index (χ0) is 14.5. The third-order valence-corrected chi connectivity index (χ3v) is 3.07. The molecule has 1 unspecified atom stereocenters. The van der Waals surface area contributed by atoms with E-state index in [9.17, 15) is 4.79 Å². The molecule has 1 atom stereocenters. The van der Waals surface area contributed by atoms with Crippen LogP contribution in [0.15, 0.2) is 40.8 Å². The number of hydrogen-bond acceptors (Lipinski definition) is 3. The molecule has 0 aliphatic rings. The first kappa shape index (κ1) is 14.2. The lowest BCUT2D eigenvalue weighted by Crippen LogP contribution is -2.27. The Labute approximate surface area is 119 Å². The fourth-order valence-electron chi connectivity index (χ4n) is 2.06. The largest absolute Gasteiger partial charge is 0.464 e. The Hall–Kier alpha value is -2.23. The number of furan rings is 1. The molecule has 2 N–H and O–H groups in total. The number of aryl methyl sites for hydroxylation is 1. The van der Waals surface area contributed by atoms with Gasteiger partial charge in [-0.2, -0.15) is 0 Å². The monoisotopic (exact) mass is 272 g/mol. The average molecular weight is 272 g/mol. The van der Waals surface area contributed by atoms with E-state index in [0.29, 0.717) is 5.56 Å². The van der Waals surface area contributed by atoms with Gasteiger partial charge in [-0.25, -0.2) is 0 Å². The third-order valence-electron chi connectivity index (χ3n) is 3.07. The number of carbonyl (C=O) groups is 1. The summed E-state index contributed by atoms with van der Waals surface area (Å²) >= 11 is 0. The fraction of sp³-hybridized carbons (Fsp3) is 0.312. The highest BCUT2D eigenvalue weighted by atomic mass is 16.3. The molecule has 1 aromatic heterocycles. The second kappa shape index (κ2) is 6.28. The molecular formula is C16H20N2O2. The van der Waals surface area contributed by atoms with Gasteiger partial charge in [0.25, 0.3) is 5.91 Å². The molecule has 0 aliphatic carbocycles. The van der Waals surface area contributed by atoms with E-state index in [2.05, 4.69) is 10.6 Å². The van der Waals surface area contributed by atoms with Crippen molar-refractivity contribution in [1.82, 2.24) is 5.32 Å². The van der Waals surface area contributed by atoms with E-state index in [4.69, 9.17) is 4.42 Å². The van der Waals surface area contributed by atoms with Crippen molar-refractivity contribution in [3.63, 3.8) is 0 Å². The molecule has 0 bridgehead atoms. The number of hydrogen-bond donors (Lipinski definition) is 2. The highest BCUT2D eigenvalue weighted by Gasteiger charge is 2.16. The maximum atomic E-state index is 12.3. The van der Waals surface area contributed by atoms with Crippen LogP contribution in [0, 0.1) is 6.92 Å². The van der Waals surface area contributed by atoms with Gasteiger partial charge in [0, 0.05) is 12.2 Å². The summed E-state index contributed by atoms with van der Waals surface area (Å²) in [5.74, 6) is 1.49. The summed E-state index contributed by atoms with van der Waals surface area (Å²) in [5.41, 5.74) is 1.49. The SMILES string of the molecule is CCNc1ccccc1C(=O)NC(C)c1ccc(C)o1. The summed E-state index contributed by atoms with van der Waals surface area (Å²) in [6.45, 7) is 6.57. The van der Waals surface area contributed by atoms with Gasteiger partial charge in [-0.1, -0.05) is 12.1 Å². The van der Waals surface area contributed by atoms with Gasteiger partial charge >= 0.3 is 0 Å². The molecule has 0 saturated heterocycles. The molecular weight excluding hydrogens is 252 g/mol.